The zero-order chi connectivity index (χ0) is 20.2. The average Bonchev–Trinajstić information content (AvgIpc) is 3.18. The van der Waals surface area contributed by atoms with Crippen molar-refractivity contribution < 1.29 is 4.39 Å². The number of allylic oxidation sites excluding steroid dienone is 1. The van der Waals surface area contributed by atoms with E-state index < -0.39 is 5.95 Å². The third-order valence-corrected chi connectivity index (χ3v) is 4.89. The molecule has 1 fully saturated rings. The van der Waals surface area contributed by atoms with Gasteiger partial charge in [0.15, 0.2) is 0 Å². The molecule has 1 aliphatic rings. The van der Waals surface area contributed by atoms with E-state index in [0.29, 0.717) is 33.6 Å². The van der Waals surface area contributed by atoms with Crippen LogP contribution in [0.15, 0.2) is 41.9 Å². The van der Waals surface area contributed by atoms with Gasteiger partial charge in [0.2, 0.25) is 5.95 Å². The van der Waals surface area contributed by atoms with Crippen LogP contribution in [0.1, 0.15) is 24.1 Å². The number of aliphatic imine (C=N–C) groups is 1. The summed E-state index contributed by atoms with van der Waals surface area (Å²) in [4.78, 5) is 13.1. The SMILES string of the molecule is N=Cc1cnn2cc(/C(C=NC3CCNCC3)=C/N)nc(-c3ccc(F)nc3)c12. The molecule has 0 amide bonds. The minimum absolute atomic E-state index is 0.255. The molecule has 4 rings (SSSR count). The lowest BCUT2D eigenvalue weighted by Crippen LogP contribution is -2.29. The number of hydrogen-bond acceptors (Lipinski definition) is 7. The number of piperidine rings is 1. The number of nitrogens with one attached hydrogen (secondary N) is 2. The van der Waals surface area contributed by atoms with E-state index in [9.17, 15) is 4.39 Å². The highest BCUT2D eigenvalue weighted by Crippen LogP contribution is 2.26. The molecule has 0 saturated carbocycles. The Bertz CT molecular complexity index is 1080. The maximum Gasteiger partial charge on any atom is 0.212 e. The molecule has 3 aromatic heterocycles. The summed E-state index contributed by atoms with van der Waals surface area (Å²) >= 11 is 0. The molecule has 4 heterocycles. The van der Waals surface area contributed by atoms with Gasteiger partial charge >= 0.3 is 0 Å². The molecule has 4 N–H and O–H groups in total. The number of rotatable bonds is 5. The van der Waals surface area contributed by atoms with E-state index in [1.54, 1.807) is 29.2 Å². The second kappa shape index (κ2) is 8.27. The fourth-order valence-electron chi connectivity index (χ4n) is 3.33. The van der Waals surface area contributed by atoms with Crippen LogP contribution in [0.25, 0.3) is 22.3 Å². The second-order valence-corrected chi connectivity index (χ2v) is 6.76. The molecule has 1 saturated heterocycles. The fraction of sp³-hybridized carbons (Fsp3) is 0.250. The molecule has 1 aliphatic heterocycles. The number of nitrogens with zero attached hydrogens (tertiary/aromatic N) is 5. The predicted molar refractivity (Wildman–Crippen MR) is 111 cm³/mol. The summed E-state index contributed by atoms with van der Waals surface area (Å²) < 4.78 is 15.0. The third kappa shape index (κ3) is 3.90. The molecule has 8 nitrogen and oxygen atoms in total. The molecular formula is C20H21FN8. The van der Waals surface area contributed by atoms with Gasteiger partial charge in [-0.2, -0.15) is 9.49 Å². The molecule has 0 spiro atoms. The molecule has 0 bridgehead atoms. The van der Waals surface area contributed by atoms with Crippen LogP contribution >= 0.6 is 0 Å². The maximum atomic E-state index is 13.3. The van der Waals surface area contributed by atoms with E-state index in [2.05, 4.69) is 20.4 Å². The summed E-state index contributed by atoms with van der Waals surface area (Å²) in [6, 6.07) is 3.13. The zero-order valence-electron chi connectivity index (χ0n) is 15.7. The number of hydrogen-bond donors (Lipinski definition) is 3. The highest BCUT2D eigenvalue weighted by atomic mass is 19.1. The number of pyridine rings is 1. The first kappa shape index (κ1) is 18.9. The second-order valence-electron chi connectivity index (χ2n) is 6.76. The first-order chi connectivity index (χ1) is 14.2. The quantitative estimate of drug-likeness (QED) is 0.454. The Morgan fingerprint density at radius 2 is 2.14 bits per heavy atom. The van der Waals surface area contributed by atoms with Gasteiger partial charge in [-0.3, -0.25) is 4.99 Å². The van der Waals surface area contributed by atoms with E-state index in [1.165, 1.54) is 24.7 Å². The Kier molecular flexibility index (Phi) is 5.39. The minimum Gasteiger partial charge on any atom is -0.404 e. The van der Waals surface area contributed by atoms with Crippen molar-refractivity contribution in [2.24, 2.45) is 10.7 Å². The molecule has 148 valence electrons. The number of nitrogens with two attached hydrogens (primary N) is 1. The highest BCUT2D eigenvalue weighted by molar-refractivity contribution is 6.09. The van der Waals surface area contributed by atoms with Crippen LogP contribution < -0.4 is 11.1 Å². The smallest absolute Gasteiger partial charge is 0.212 e. The van der Waals surface area contributed by atoms with Crippen molar-refractivity contribution in [1.82, 2.24) is 24.9 Å². The summed E-state index contributed by atoms with van der Waals surface area (Å²) in [5.41, 5.74) is 9.52. The van der Waals surface area contributed by atoms with Gasteiger partial charge in [-0.25, -0.2) is 14.5 Å². The Morgan fingerprint density at radius 1 is 1.31 bits per heavy atom. The van der Waals surface area contributed by atoms with E-state index >= 15 is 0 Å². The summed E-state index contributed by atoms with van der Waals surface area (Å²) in [7, 11) is 0. The Morgan fingerprint density at radius 3 is 2.83 bits per heavy atom. The van der Waals surface area contributed by atoms with E-state index in [4.69, 9.17) is 16.1 Å². The molecule has 0 aromatic carbocycles. The third-order valence-electron chi connectivity index (χ3n) is 4.89. The first-order valence-corrected chi connectivity index (χ1v) is 9.36. The number of fused-ring (bicyclic) bond motifs is 1. The van der Waals surface area contributed by atoms with Crippen LogP contribution in [0.2, 0.25) is 0 Å². The van der Waals surface area contributed by atoms with Crippen LogP contribution in [0.3, 0.4) is 0 Å². The van der Waals surface area contributed by atoms with Crippen LogP contribution in [-0.4, -0.2) is 51.1 Å². The lowest BCUT2D eigenvalue weighted by molar-refractivity contribution is 0.461. The molecule has 0 aliphatic carbocycles. The normalized spacial score (nSPS) is 16.0. The van der Waals surface area contributed by atoms with Crippen molar-refractivity contribution in [2.75, 3.05) is 13.1 Å². The lowest BCUT2D eigenvalue weighted by atomic mass is 10.1. The van der Waals surface area contributed by atoms with Gasteiger partial charge in [0.1, 0.15) is 5.52 Å². The molecule has 0 atom stereocenters. The lowest BCUT2D eigenvalue weighted by Gasteiger charge is -2.18. The predicted octanol–water partition coefficient (Wildman–Crippen LogP) is 2.05. The first-order valence-electron chi connectivity index (χ1n) is 9.36. The van der Waals surface area contributed by atoms with Crippen molar-refractivity contribution in [3.05, 3.63) is 54.1 Å². The van der Waals surface area contributed by atoms with Crippen LogP contribution in [0.4, 0.5) is 4.39 Å². The van der Waals surface area contributed by atoms with Gasteiger partial charge in [-0.05, 0) is 38.1 Å². The Balaban J connectivity index is 1.79. The number of halogens is 1. The molecular weight excluding hydrogens is 371 g/mol. The maximum absolute atomic E-state index is 13.3. The van der Waals surface area contributed by atoms with Crippen molar-refractivity contribution in [1.29, 1.82) is 5.41 Å². The number of aromatic nitrogens is 4. The molecule has 0 radical (unpaired) electrons. The van der Waals surface area contributed by atoms with Crippen LogP contribution in [0.5, 0.6) is 0 Å². The van der Waals surface area contributed by atoms with Gasteiger partial charge in [-0.15, -0.1) is 0 Å². The molecule has 29 heavy (non-hydrogen) atoms. The topological polar surface area (TPSA) is 117 Å². The van der Waals surface area contributed by atoms with E-state index in [0.717, 1.165) is 25.9 Å². The summed E-state index contributed by atoms with van der Waals surface area (Å²) in [5, 5.41) is 15.3. The van der Waals surface area contributed by atoms with Gasteiger partial charge in [0, 0.05) is 41.5 Å². The standard InChI is InChI=1S/C20H21FN8/c21-18-2-1-13(9-26-18)19-20-15(8-23)11-27-29(20)12-17(28-19)14(7-22)10-25-16-3-5-24-6-4-16/h1-2,7-12,16,23-24H,3-6,22H2/b14-7+,23-8?,25-10?. The fourth-order valence-corrected chi connectivity index (χ4v) is 3.33. The van der Waals surface area contributed by atoms with Crippen LogP contribution in [-0.2, 0) is 0 Å². The zero-order valence-corrected chi connectivity index (χ0v) is 15.7. The van der Waals surface area contributed by atoms with Gasteiger partial charge in [0.25, 0.3) is 0 Å². The Hall–Kier alpha value is -3.46. The molecule has 3 aromatic rings. The monoisotopic (exact) mass is 392 g/mol. The van der Waals surface area contributed by atoms with Gasteiger partial charge in [0.05, 0.1) is 29.8 Å². The van der Waals surface area contributed by atoms with E-state index in [-0.39, 0.29) is 6.04 Å². The summed E-state index contributed by atoms with van der Waals surface area (Å²) in [5.74, 6) is -0.571. The Labute approximate surface area is 166 Å². The van der Waals surface area contributed by atoms with E-state index in [1.807, 2.05) is 0 Å². The summed E-state index contributed by atoms with van der Waals surface area (Å²) in [6.07, 6.45) is 11.1. The van der Waals surface area contributed by atoms with Crippen molar-refractivity contribution >= 4 is 23.5 Å². The van der Waals surface area contributed by atoms with Crippen molar-refractivity contribution in [2.45, 2.75) is 18.9 Å². The van der Waals surface area contributed by atoms with Crippen molar-refractivity contribution in [3.63, 3.8) is 0 Å². The van der Waals surface area contributed by atoms with Crippen molar-refractivity contribution in [3.8, 4) is 11.3 Å². The van der Waals surface area contributed by atoms with Gasteiger partial charge in [-0.1, -0.05) is 0 Å². The molecule has 9 heteroatoms. The van der Waals surface area contributed by atoms with Crippen LogP contribution in [0, 0.1) is 11.4 Å². The minimum atomic E-state index is -0.571. The highest BCUT2D eigenvalue weighted by Gasteiger charge is 2.16. The molecule has 0 unspecified atom stereocenters. The van der Waals surface area contributed by atoms with Gasteiger partial charge < -0.3 is 16.5 Å². The summed E-state index contributed by atoms with van der Waals surface area (Å²) in [6.45, 7) is 1.91. The average molecular weight is 392 g/mol. The largest absolute Gasteiger partial charge is 0.404 e.